The highest BCUT2D eigenvalue weighted by molar-refractivity contribution is 7.91. The molecule has 0 spiro atoms. The van der Waals surface area contributed by atoms with Crippen LogP contribution in [0.1, 0.15) is 12.8 Å². The summed E-state index contributed by atoms with van der Waals surface area (Å²) in [6.45, 7) is -1.53. The number of aliphatic carboxylic acids is 2. The maximum Gasteiger partial charge on any atom is 0.323 e. The average molecular weight is 308 g/mol. The molecule has 10 heteroatoms. The number of rotatable bonds is 5. The number of nitrogens with one attached hydrogen (secondary N) is 1. The van der Waals surface area contributed by atoms with Gasteiger partial charge in [0.05, 0.1) is 11.5 Å². The first kappa shape index (κ1) is 16.2. The molecule has 0 aliphatic carbocycles. The lowest BCUT2D eigenvalue weighted by atomic mass is 10.2. The normalized spacial score (nSPS) is 20.9. The Morgan fingerprint density at radius 2 is 1.70 bits per heavy atom. The fourth-order valence-electron chi connectivity index (χ4n) is 1.93. The third kappa shape index (κ3) is 5.43. The molecule has 1 heterocycles. The van der Waals surface area contributed by atoms with Crippen LogP contribution in [0.4, 0.5) is 4.79 Å². The van der Waals surface area contributed by atoms with Crippen molar-refractivity contribution in [1.29, 1.82) is 0 Å². The van der Waals surface area contributed by atoms with E-state index in [9.17, 15) is 22.8 Å². The summed E-state index contributed by atoms with van der Waals surface area (Å²) < 4.78 is 22.8. The molecule has 1 saturated heterocycles. The number of carbonyl (C=O) groups excluding carboxylic acids is 1. The van der Waals surface area contributed by atoms with Crippen LogP contribution in [0.5, 0.6) is 0 Å². The fourth-order valence-corrected chi connectivity index (χ4v) is 3.56. The van der Waals surface area contributed by atoms with Crippen LogP contribution in [-0.2, 0) is 19.4 Å². The van der Waals surface area contributed by atoms with Gasteiger partial charge in [-0.05, 0) is 12.8 Å². The zero-order valence-corrected chi connectivity index (χ0v) is 11.4. The average Bonchev–Trinajstić information content (AvgIpc) is 2.25. The number of amides is 2. The molecule has 2 amide bonds. The largest absolute Gasteiger partial charge is 0.480 e. The minimum Gasteiger partial charge on any atom is -0.480 e. The van der Waals surface area contributed by atoms with Gasteiger partial charge in [-0.15, -0.1) is 0 Å². The van der Waals surface area contributed by atoms with Gasteiger partial charge in [-0.2, -0.15) is 0 Å². The highest BCUT2D eigenvalue weighted by Gasteiger charge is 2.28. The highest BCUT2D eigenvalue weighted by Crippen LogP contribution is 2.12. The number of carboxylic acids is 2. The van der Waals surface area contributed by atoms with Crippen molar-refractivity contribution in [3.05, 3.63) is 0 Å². The van der Waals surface area contributed by atoms with Crippen LogP contribution in [0.15, 0.2) is 0 Å². The molecule has 0 aromatic heterocycles. The second-order valence-corrected chi connectivity index (χ2v) is 6.78. The monoisotopic (exact) mass is 308 g/mol. The summed E-state index contributed by atoms with van der Waals surface area (Å²) >= 11 is 0. The van der Waals surface area contributed by atoms with Crippen molar-refractivity contribution in [2.45, 2.75) is 18.9 Å². The van der Waals surface area contributed by atoms with Crippen LogP contribution >= 0.6 is 0 Å². The zero-order chi connectivity index (χ0) is 15.3. The minimum absolute atomic E-state index is 0.0628. The van der Waals surface area contributed by atoms with E-state index in [1.54, 1.807) is 0 Å². The second-order valence-electron chi connectivity index (χ2n) is 4.55. The lowest BCUT2D eigenvalue weighted by Gasteiger charge is -2.26. The van der Waals surface area contributed by atoms with E-state index in [4.69, 9.17) is 10.2 Å². The minimum atomic E-state index is -3.22. The van der Waals surface area contributed by atoms with Gasteiger partial charge in [-0.1, -0.05) is 0 Å². The summed E-state index contributed by atoms with van der Waals surface area (Å²) in [5.74, 6) is -2.85. The summed E-state index contributed by atoms with van der Waals surface area (Å²) in [5, 5.41) is 19.6. The van der Waals surface area contributed by atoms with E-state index in [1.165, 1.54) is 0 Å². The topological polar surface area (TPSA) is 141 Å². The SMILES string of the molecule is O=C(O)CN(CC(=O)O)C(=O)NC1CCCS(=O)(=O)C1. The summed E-state index contributed by atoms with van der Waals surface area (Å²) in [6, 6.07) is -1.51. The lowest BCUT2D eigenvalue weighted by Crippen LogP contribution is -2.51. The molecular weight excluding hydrogens is 292 g/mol. The van der Waals surface area contributed by atoms with Gasteiger partial charge in [0.15, 0.2) is 9.84 Å². The van der Waals surface area contributed by atoms with Crippen molar-refractivity contribution in [2.24, 2.45) is 0 Å². The maximum absolute atomic E-state index is 11.8. The molecule has 0 aromatic rings. The standard InChI is InChI=1S/C10H16N2O7S/c13-8(14)4-12(5-9(15)16)10(17)11-7-2-1-3-20(18,19)6-7/h7H,1-6H2,(H,11,17)(H,13,14)(H,15,16). The number of hydrogen-bond donors (Lipinski definition) is 3. The molecule has 0 aromatic carbocycles. The molecule has 114 valence electrons. The quantitative estimate of drug-likeness (QED) is 0.575. The second kappa shape index (κ2) is 6.55. The van der Waals surface area contributed by atoms with Gasteiger partial charge >= 0.3 is 18.0 Å². The molecule has 1 aliphatic heterocycles. The smallest absolute Gasteiger partial charge is 0.323 e. The van der Waals surface area contributed by atoms with Crippen LogP contribution in [-0.4, -0.2) is 72.1 Å². The highest BCUT2D eigenvalue weighted by atomic mass is 32.2. The van der Waals surface area contributed by atoms with E-state index < -0.39 is 46.9 Å². The molecule has 1 fully saturated rings. The summed E-state index contributed by atoms with van der Waals surface area (Å²) in [6.07, 6.45) is 0.865. The summed E-state index contributed by atoms with van der Waals surface area (Å²) in [7, 11) is -3.22. The Labute approximate surface area is 115 Å². The van der Waals surface area contributed by atoms with Gasteiger partial charge < -0.3 is 20.4 Å². The predicted molar refractivity (Wildman–Crippen MR) is 67.1 cm³/mol. The van der Waals surface area contributed by atoms with Crippen molar-refractivity contribution in [1.82, 2.24) is 10.2 Å². The van der Waals surface area contributed by atoms with Crippen molar-refractivity contribution in [3.8, 4) is 0 Å². The van der Waals surface area contributed by atoms with Crippen LogP contribution in [0.3, 0.4) is 0 Å². The van der Waals surface area contributed by atoms with Gasteiger partial charge in [-0.3, -0.25) is 9.59 Å². The number of carboxylic acid groups (broad SMARTS) is 2. The Bertz CT molecular complexity index is 486. The Balaban J connectivity index is 2.65. The predicted octanol–water partition coefficient (Wildman–Crippen LogP) is -1.26. The number of carbonyl (C=O) groups is 3. The zero-order valence-electron chi connectivity index (χ0n) is 10.6. The van der Waals surface area contributed by atoms with Crippen LogP contribution in [0, 0.1) is 0 Å². The Kier molecular flexibility index (Phi) is 5.31. The third-order valence-electron chi connectivity index (χ3n) is 2.73. The maximum atomic E-state index is 11.8. The van der Waals surface area contributed by atoms with Gasteiger partial charge in [-0.25, -0.2) is 13.2 Å². The van der Waals surface area contributed by atoms with Crippen molar-refractivity contribution in [2.75, 3.05) is 24.6 Å². The molecule has 0 saturated carbocycles. The van der Waals surface area contributed by atoms with Gasteiger partial charge in [0.1, 0.15) is 13.1 Å². The molecule has 1 atom stereocenters. The first-order valence-electron chi connectivity index (χ1n) is 5.89. The van der Waals surface area contributed by atoms with E-state index in [0.717, 1.165) is 0 Å². The molecule has 0 radical (unpaired) electrons. The number of sulfone groups is 1. The number of hydrogen-bond acceptors (Lipinski definition) is 5. The number of urea groups is 1. The first-order chi connectivity index (χ1) is 9.19. The Morgan fingerprint density at radius 3 is 2.15 bits per heavy atom. The van der Waals surface area contributed by atoms with E-state index in [0.29, 0.717) is 17.7 Å². The Hall–Kier alpha value is -1.84. The van der Waals surface area contributed by atoms with E-state index in [1.807, 2.05) is 0 Å². The third-order valence-corrected chi connectivity index (χ3v) is 4.55. The molecule has 1 unspecified atom stereocenters. The molecule has 1 rings (SSSR count). The van der Waals surface area contributed by atoms with Crippen molar-refractivity contribution >= 4 is 27.8 Å². The van der Waals surface area contributed by atoms with Crippen LogP contribution in [0.25, 0.3) is 0 Å². The summed E-state index contributed by atoms with van der Waals surface area (Å²) in [5.41, 5.74) is 0. The number of nitrogens with zero attached hydrogens (tertiary/aromatic N) is 1. The fraction of sp³-hybridized carbons (Fsp3) is 0.700. The Morgan fingerprint density at radius 1 is 1.15 bits per heavy atom. The molecule has 0 bridgehead atoms. The van der Waals surface area contributed by atoms with Crippen molar-refractivity contribution < 1.29 is 33.0 Å². The molecule has 9 nitrogen and oxygen atoms in total. The summed E-state index contributed by atoms with van der Waals surface area (Å²) in [4.78, 5) is 33.6. The lowest BCUT2D eigenvalue weighted by molar-refractivity contribution is -0.140. The molecule has 3 N–H and O–H groups in total. The first-order valence-corrected chi connectivity index (χ1v) is 7.71. The van der Waals surface area contributed by atoms with E-state index >= 15 is 0 Å². The van der Waals surface area contributed by atoms with Gasteiger partial charge in [0, 0.05) is 6.04 Å². The van der Waals surface area contributed by atoms with Gasteiger partial charge in [0.2, 0.25) is 0 Å². The van der Waals surface area contributed by atoms with Crippen LogP contribution in [0.2, 0.25) is 0 Å². The van der Waals surface area contributed by atoms with E-state index in [2.05, 4.69) is 5.32 Å². The van der Waals surface area contributed by atoms with Crippen LogP contribution < -0.4 is 5.32 Å². The van der Waals surface area contributed by atoms with Gasteiger partial charge in [0.25, 0.3) is 0 Å². The molecule has 1 aliphatic rings. The molecular formula is C10H16N2O7S. The van der Waals surface area contributed by atoms with Crippen molar-refractivity contribution in [3.63, 3.8) is 0 Å². The molecule has 20 heavy (non-hydrogen) atoms. The van der Waals surface area contributed by atoms with E-state index in [-0.39, 0.29) is 11.5 Å².